The topological polar surface area (TPSA) is 6.48 Å². The van der Waals surface area contributed by atoms with E-state index in [-0.39, 0.29) is 6.71 Å². The number of rotatable bonds is 5. The summed E-state index contributed by atoms with van der Waals surface area (Å²) in [5.74, 6) is 0.556. The van der Waals surface area contributed by atoms with Crippen LogP contribution >= 0.6 is 0 Å². The van der Waals surface area contributed by atoms with Crippen molar-refractivity contribution in [2.75, 3.05) is 9.80 Å². The van der Waals surface area contributed by atoms with Gasteiger partial charge in [-0.15, -0.1) is 0 Å². The van der Waals surface area contributed by atoms with E-state index in [1.165, 1.54) is 116 Å². The highest BCUT2D eigenvalue weighted by molar-refractivity contribution is 7.00. The molecule has 0 atom stereocenters. The maximum atomic E-state index is 2.60. The van der Waals surface area contributed by atoms with Crippen molar-refractivity contribution < 1.29 is 0 Å². The van der Waals surface area contributed by atoms with Gasteiger partial charge in [0.25, 0.3) is 6.71 Å². The molecule has 0 N–H and O–H groups in total. The number of hydrogen-bond donors (Lipinski definition) is 0. The Kier molecular flexibility index (Phi) is 7.60. The van der Waals surface area contributed by atoms with Crippen molar-refractivity contribution >= 4 is 57.2 Å². The molecule has 1 fully saturated rings. The lowest BCUT2D eigenvalue weighted by Gasteiger charge is -2.45. The number of anilines is 6. The van der Waals surface area contributed by atoms with E-state index in [0.717, 1.165) is 0 Å². The Morgan fingerprint density at radius 3 is 1.65 bits per heavy atom. The summed E-state index contributed by atoms with van der Waals surface area (Å²) in [6.07, 6.45) is 6.45. The number of hydrogen-bond acceptors (Lipinski definition) is 2. The zero-order valence-electron chi connectivity index (χ0n) is 29.7. The van der Waals surface area contributed by atoms with Crippen molar-refractivity contribution in [1.29, 1.82) is 0 Å². The number of nitrogens with zero attached hydrogens (tertiary/aromatic N) is 2. The van der Waals surface area contributed by atoms with Crippen LogP contribution in [-0.2, 0) is 0 Å². The van der Waals surface area contributed by atoms with Crippen molar-refractivity contribution in [1.82, 2.24) is 0 Å². The third kappa shape index (κ3) is 5.18. The second kappa shape index (κ2) is 12.8. The monoisotopic (exact) mass is 668 g/mol. The summed E-state index contributed by atoms with van der Waals surface area (Å²) in [6.45, 7) is 2.36. The van der Waals surface area contributed by atoms with Crippen molar-refractivity contribution in [3.63, 3.8) is 0 Å². The standard InChI is InChI=1S/C49H41BN2/c1-34-26-27-46-44(28-34)50-43-24-14-15-25-45(43)52(42-30-38(35-16-6-2-7-17-35)29-39(31-42)36-18-8-3-9-19-36)48-33-40(37-20-10-4-11-21-37)32-47(49(48)50)51(46)41-22-12-5-13-23-41/h2-3,5-9,12-19,22-33,37H,4,10-11,20-21H2,1H3. The summed E-state index contributed by atoms with van der Waals surface area (Å²) >= 11 is 0. The summed E-state index contributed by atoms with van der Waals surface area (Å²) in [6, 6.07) is 61.3. The molecular weight excluding hydrogens is 627 g/mol. The van der Waals surface area contributed by atoms with Crippen LogP contribution in [0.25, 0.3) is 22.3 Å². The van der Waals surface area contributed by atoms with Crippen LogP contribution in [0.4, 0.5) is 34.1 Å². The minimum Gasteiger partial charge on any atom is -0.311 e. The molecule has 2 nitrogen and oxygen atoms in total. The van der Waals surface area contributed by atoms with Gasteiger partial charge in [0.05, 0.1) is 0 Å². The summed E-state index contributed by atoms with van der Waals surface area (Å²) < 4.78 is 0. The Labute approximate surface area is 308 Å². The predicted octanol–water partition coefficient (Wildman–Crippen LogP) is 11.5. The molecule has 0 aromatic heterocycles. The van der Waals surface area contributed by atoms with E-state index in [2.05, 4.69) is 181 Å². The Balaban J connectivity index is 1.29. The van der Waals surface area contributed by atoms with Crippen molar-refractivity contribution in [2.24, 2.45) is 0 Å². The Bertz CT molecular complexity index is 2360. The molecule has 250 valence electrons. The number of para-hydroxylation sites is 2. The van der Waals surface area contributed by atoms with E-state index in [4.69, 9.17) is 0 Å². The molecule has 1 aliphatic carbocycles. The van der Waals surface area contributed by atoms with Gasteiger partial charge in [0.2, 0.25) is 0 Å². The maximum Gasteiger partial charge on any atom is 0.252 e. The number of benzene rings is 7. The van der Waals surface area contributed by atoms with Gasteiger partial charge in [-0.2, -0.15) is 0 Å². The highest BCUT2D eigenvalue weighted by atomic mass is 15.2. The fourth-order valence-corrected chi connectivity index (χ4v) is 9.23. The first-order chi connectivity index (χ1) is 25.7. The molecule has 3 aliphatic rings. The Morgan fingerprint density at radius 2 is 1.00 bits per heavy atom. The molecule has 0 unspecified atom stereocenters. The Morgan fingerprint density at radius 1 is 0.442 bits per heavy atom. The molecule has 1 saturated carbocycles. The summed E-state index contributed by atoms with van der Waals surface area (Å²) in [4.78, 5) is 5.15. The first kappa shape index (κ1) is 31.0. The van der Waals surface area contributed by atoms with Gasteiger partial charge >= 0.3 is 0 Å². The lowest BCUT2D eigenvalue weighted by molar-refractivity contribution is 0.444. The lowest BCUT2D eigenvalue weighted by Crippen LogP contribution is -2.61. The van der Waals surface area contributed by atoms with Gasteiger partial charge in [-0.3, -0.25) is 0 Å². The second-order valence-electron chi connectivity index (χ2n) is 14.9. The molecule has 10 rings (SSSR count). The molecule has 0 saturated heterocycles. The summed E-state index contributed by atoms with van der Waals surface area (Å²) in [7, 11) is 0. The van der Waals surface area contributed by atoms with Gasteiger partial charge in [0.1, 0.15) is 0 Å². The SMILES string of the molecule is Cc1ccc2c(c1)B1c3ccccc3N(c3cc(-c4ccccc4)cc(-c4ccccc4)c3)c3cc(C4CCCCC4)cc(c31)N2c1ccccc1. The maximum absolute atomic E-state index is 2.60. The molecule has 7 aromatic carbocycles. The van der Waals surface area contributed by atoms with E-state index >= 15 is 0 Å². The van der Waals surface area contributed by atoms with E-state index < -0.39 is 0 Å². The van der Waals surface area contributed by atoms with Gasteiger partial charge in [0, 0.05) is 34.1 Å². The van der Waals surface area contributed by atoms with Crippen molar-refractivity contribution in [2.45, 2.75) is 44.9 Å². The van der Waals surface area contributed by atoms with E-state index in [1.54, 1.807) is 0 Å². The molecule has 0 spiro atoms. The second-order valence-corrected chi connectivity index (χ2v) is 14.9. The van der Waals surface area contributed by atoms with Gasteiger partial charge in [-0.25, -0.2) is 0 Å². The molecule has 0 amide bonds. The predicted molar refractivity (Wildman–Crippen MR) is 222 cm³/mol. The van der Waals surface area contributed by atoms with E-state index in [9.17, 15) is 0 Å². The molecular formula is C49H41BN2. The molecule has 2 heterocycles. The highest BCUT2D eigenvalue weighted by Crippen LogP contribution is 2.47. The fraction of sp³-hybridized carbons (Fsp3) is 0.143. The third-order valence-electron chi connectivity index (χ3n) is 11.6. The first-order valence-electron chi connectivity index (χ1n) is 19.0. The van der Waals surface area contributed by atoms with Gasteiger partial charge in [0.15, 0.2) is 0 Å². The van der Waals surface area contributed by atoms with Gasteiger partial charge in [-0.05, 0) is 124 Å². The molecule has 3 heteroatoms. The highest BCUT2D eigenvalue weighted by Gasteiger charge is 2.43. The van der Waals surface area contributed by atoms with Crippen LogP contribution in [0.1, 0.15) is 49.1 Å². The zero-order valence-corrected chi connectivity index (χ0v) is 29.7. The average Bonchev–Trinajstić information content (AvgIpc) is 3.21. The van der Waals surface area contributed by atoms with Crippen LogP contribution in [0.15, 0.2) is 164 Å². The van der Waals surface area contributed by atoms with E-state index in [0.29, 0.717) is 5.92 Å². The van der Waals surface area contributed by atoms with Crippen LogP contribution in [0.2, 0.25) is 0 Å². The van der Waals surface area contributed by atoms with Gasteiger partial charge < -0.3 is 9.80 Å². The lowest BCUT2D eigenvalue weighted by atomic mass is 9.33. The van der Waals surface area contributed by atoms with Crippen LogP contribution in [0, 0.1) is 6.92 Å². The quantitative estimate of drug-likeness (QED) is 0.168. The summed E-state index contributed by atoms with van der Waals surface area (Å²) in [5, 5.41) is 0. The van der Waals surface area contributed by atoms with Crippen molar-refractivity contribution in [3.8, 4) is 22.3 Å². The van der Waals surface area contributed by atoms with Gasteiger partial charge in [-0.1, -0.05) is 134 Å². The third-order valence-corrected chi connectivity index (χ3v) is 11.6. The molecule has 0 radical (unpaired) electrons. The van der Waals surface area contributed by atoms with Crippen molar-refractivity contribution in [3.05, 3.63) is 175 Å². The van der Waals surface area contributed by atoms with Crippen LogP contribution in [-0.4, -0.2) is 6.71 Å². The van der Waals surface area contributed by atoms with E-state index in [1.807, 2.05) is 0 Å². The fourth-order valence-electron chi connectivity index (χ4n) is 9.23. The van der Waals surface area contributed by atoms with Crippen LogP contribution in [0.3, 0.4) is 0 Å². The number of aryl methyl sites for hydroxylation is 1. The minimum absolute atomic E-state index is 0.124. The van der Waals surface area contributed by atoms with Crippen LogP contribution < -0.4 is 26.2 Å². The molecule has 7 aromatic rings. The first-order valence-corrected chi connectivity index (χ1v) is 19.0. The summed E-state index contributed by atoms with van der Waals surface area (Å²) in [5.41, 5.74) is 19.3. The zero-order chi connectivity index (χ0) is 34.6. The largest absolute Gasteiger partial charge is 0.311 e. The molecule has 0 bridgehead atoms. The smallest absolute Gasteiger partial charge is 0.252 e. The molecule has 2 aliphatic heterocycles. The molecule has 52 heavy (non-hydrogen) atoms. The average molecular weight is 669 g/mol. The number of fused-ring (bicyclic) bond motifs is 4. The van der Waals surface area contributed by atoms with Crippen LogP contribution in [0.5, 0.6) is 0 Å². The Hall–Kier alpha value is -5.80. The minimum atomic E-state index is 0.124. The normalized spacial score (nSPS) is 14.8.